The van der Waals surface area contributed by atoms with Gasteiger partial charge in [0.25, 0.3) is 0 Å². The monoisotopic (exact) mass is 186 g/mol. The lowest BCUT2D eigenvalue weighted by Crippen LogP contribution is -2.02. The average molecular weight is 186 g/mol. The highest BCUT2D eigenvalue weighted by molar-refractivity contribution is 7.11. The smallest absolute Gasteiger partial charge is 0.0953 e. The predicted molar refractivity (Wildman–Crippen MR) is 50.0 cm³/mol. The lowest BCUT2D eigenvalue weighted by Gasteiger charge is -1.96. The Bertz CT molecular complexity index is 235. The van der Waals surface area contributed by atoms with E-state index in [1.165, 1.54) is 9.88 Å². The van der Waals surface area contributed by atoms with E-state index in [2.05, 4.69) is 23.7 Å². The van der Waals surface area contributed by atoms with Gasteiger partial charge in [-0.05, 0) is 0 Å². The molecule has 0 atom stereocenters. The van der Waals surface area contributed by atoms with Crippen LogP contribution in [0.15, 0.2) is 6.20 Å². The second-order valence-electron chi connectivity index (χ2n) is 2.94. The maximum absolute atomic E-state index is 4.93. The fraction of sp³-hybridized carbons (Fsp3) is 0.625. The molecule has 4 heteroatoms. The summed E-state index contributed by atoms with van der Waals surface area (Å²) >= 11 is 1.73. The Morgan fingerprint density at radius 2 is 2.42 bits per heavy atom. The average Bonchev–Trinajstić information content (AvgIpc) is 2.48. The third-order valence-electron chi connectivity index (χ3n) is 1.53. The molecule has 0 fully saturated rings. The number of nitrogens with zero attached hydrogens (tertiary/aromatic N) is 1. The first-order chi connectivity index (χ1) is 5.74. The van der Waals surface area contributed by atoms with E-state index >= 15 is 0 Å². The van der Waals surface area contributed by atoms with Gasteiger partial charge >= 0.3 is 0 Å². The summed E-state index contributed by atoms with van der Waals surface area (Å²) in [5.41, 5.74) is 0. The molecule has 1 aromatic rings. The summed E-state index contributed by atoms with van der Waals surface area (Å²) in [6.45, 7) is 4.85. The van der Waals surface area contributed by atoms with Crippen LogP contribution < -0.4 is 5.90 Å². The maximum atomic E-state index is 4.93. The summed E-state index contributed by atoms with van der Waals surface area (Å²) < 4.78 is 0. The van der Waals surface area contributed by atoms with Crippen molar-refractivity contribution in [1.82, 2.24) is 4.98 Å². The minimum Gasteiger partial charge on any atom is -0.304 e. The zero-order chi connectivity index (χ0) is 8.97. The van der Waals surface area contributed by atoms with Crippen molar-refractivity contribution in [3.8, 4) is 0 Å². The molecule has 68 valence electrons. The van der Waals surface area contributed by atoms with Gasteiger partial charge in [0.2, 0.25) is 0 Å². The van der Waals surface area contributed by atoms with Crippen LogP contribution in [-0.2, 0) is 11.3 Å². The third-order valence-corrected chi connectivity index (χ3v) is 2.89. The van der Waals surface area contributed by atoms with Gasteiger partial charge in [-0.1, -0.05) is 13.8 Å². The van der Waals surface area contributed by atoms with Gasteiger partial charge in [0.15, 0.2) is 0 Å². The normalized spacial score (nSPS) is 11.0. The molecule has 1 heterocycles. The minimum atomic E-state index is 0.516. The van der Waals surface area contributed by atoms with Crippen molar-refractivity contribution in [2.45, 2.75) is 26.2 Å². The topological polar surface area (TPSA) is 48.1 Å². The van der Waals surface area contributed by atoms with Crippen LogP contribution >= 0.6 is 11.3 Å². The second-order valence-corrected chi connectivity index (χ2v) is 4.09. The predicted octanol–water partition coefficient (Wildman–Crippen LogP) is 1.70. The number of thiazole rings is 1. The number of hydrogen-bond donors (Lipinski definition) is 1. The van der Waals surface area contributed by atoms with Crippen LogP contribution in [0.4, 0.5) is 0 Å². The molecule has 0 saturated carbocycles. The molecular formula is C8H14N2OS. The quantitative estimate of drug-likeness (QED) is 0.728. The standard InChI is InChI=1S/C8H14N2OS/c1-6(2)8-10-5-7(12-8)3-4-11-9/h5-6H,3-4,9H2,1-2H3. The summed E-state index contributed by atoms with van der Waals surface area (Å²) in [7, 11) is 0. The zero-order valence-electron chi connectivity index (χ0n) is 7.41. The number of hydrogen-bond acceptors (Lipinski definition) is 4. The van der Waals surface area contributed by atoms with Gasteiger partial charge in [0, 0.05) is 23.4 Å². The van der Waals surface area contributed by atoms with Gasteiger partial charge in [-0.3, -0.25) is 0 Å². The summed E-state index contributed by atoms with van der Waals surface area (Å²) in [4.78, 5) is 10.0. The molecule has 0 unspecified atom stereocenters. The van der Waals surface area contributed by atoms with Crippen molar-refractivity contribution >= 4 is 11.3 Å². The van der Waals surface area contributed by atoms with E-state index in [-0.39, 0.29) is 0 Å². The van der Waals surface area contributed by atoms with Crippen LogP contribution in [0.25, 0.3) is 0 Å². The molecule has 0 amide bonds. The first-order valence-electron chi connectivity index (χ1n) is 4.00. The van der Waals surface area contributed by atoms with Crippen molar-refractivity contribution in [2.24, 2.45) is 5.90 Å². The second kappa shape index (κ2) is 4.54. The van der Waals surface area contributed by atoms with Gasteiger partial charge in [-0.2, -0.15) is 0 Å². The van der Waals surface area contributed by atoms with E-state index in [1.807, 2.05) is 6.20 Å². The SMILES string of the molecule is CC(C)c1ncc(CCON)s1. The first kappa shape index (κ1) is 9.64. The van der Waals surface area contributed by atoms with Crippen LogP contribution in [0.1, 0.15) is 29.7 Å². The molecule has 2 N–H and O–H groups in total. The molecule has 0 aliphatic rings. The Hall–Kier alpha value is -0.450. The molecule has 0 aliphatic heterocycles. The lowest BCUT2D eigenvalue weighted by atomic mass is 10.2. The Morgan fingerprint density at radius 1 is 1.67 bits per heavy atom. The highest BCUT2D eigenvalue weighted by atomic mass is 32.1. The number of rotatable bonds is 4. The Balaban J connectivity index is 2.52. The molecule has 12 heavy (non-hydrogen) atoms. The van der Waals surface area contributed by atoms with Crippen LogP contribution in [0, 0.1) is 0 Å². The van der Waals surface area contributed by atoms with Crippen molar-refractivity contribution in [3.05, 3.63) is 16.1 Å². The van der Waals surface area contributed by atoms with E-state index in [0.29, 0.717) is 12.5 Å². The molecule has 0 saturated heterocycles. The van der Waals surface area contributed by atoms with E-state index in [1.54, 1.807) is 11.3 Å². The van der Waals surface area contributed by atoms with E-state index < -0.39 is 0 Å². The fourth-order valence-corrected chi connectivity index (χ4v) is 1.77. The summed E-state index contributed by atoms with van der Waals surface area (Å²) in [5.74, 6) is 5.44. The maximum Gasteiger partial charge on any atom is 0.0953 e. The molecule has 1 aromatic heterocycles. The van der Waals surface area contributed by atoms with Crippen molar-refractivity contribution in [3.63, 3.8) is 0 Å². The highest BCUT2D eigenvalue weighted by Gasteiger charge is 2.04. The molecule has 0 bridgehead atoms. The Kier molecular flexibility index (Phi) is 3.65. The number of nitrogens with two attached hydrogens (primary N) is 1. The summed E-state index contributed by atoms with van der Waals surface area (Å²) in [6, 6.07) is 0. The van der Waals surface area contributed by atoms with Gasteiger partial charge in [-0.15, -0.1) is 11.3 Å². The lowest BCUT2D eigenvalue weighted by molar-refractivity contribution is 0.141. The summed E-state index contributed by atoms with van der Waals surface area (Å²) in [5, 5.41) is 1.18. The van der Waals surface area contributed by atoms with Gasteiger partial charge in [-0.25, -0.2) is 10.9 Å². The largest absolute Gasteiger partial charge is 0.304 e. The third kappa shape index (κ3) is 2.55. The van der Waals surface area contributed by atoms with Gasteiger partial charge in [0.05, 0.1) is 11.6 Å². The molecular weight excluding hydrogens is 172 g/mol. The van der Waals surface area contributed by atoms with Gasteiger partial charge < -0.3 is 4.84 Å². The molecule has 3 nitrogen and oxygen atoms in total. The van der Waals surface area contributed by atoms with Crippen molar-refractivity contribution in [2.75, 3.05) is 6.61 Å². The molecule has 0 aromatic carbocycles. The van der Waals surface area contributed by atoms with E-state index in [4.69, 9.17) is 5.90 Å². The van der Waals surface area contributed by atoms with Crippen LogP contribution in [0.5, 0.6) is 0 Å². The molecule has 0 aliphatic carbocycles. The van der Waals surface area contributed by atoms with Crippen molar-refractivity contribution < 1.29 is 4.84 Å². The Morgan fingerprint density at radius 3 is 2.92 bits per heavy atom. The highest BCUT2D eigenvalue weighted by Crippen LogP contribution is 2.21. The number of aromatic nitrogens is 1. The molecule has 1 rings (SSSR count). The van der Waals surface area contributed by atoms with E-state index in [9.17, 15) is 0 Å². The first-order valence-corrected chi connectivity index (χ1v) is 4.82. The van der Waals surface area contributed by atoms with Crippen LogP contribution in [-0.4, -0.2) is 11.6 Å². The fourth-order valence-electron chi connectivity index (χ4n) is 0.865. The van der Waals surface area contributed by atoms with E-state index in [0.717, 1.165) is 6.42 Å². The summed E-state index contributed by atoms with van der Waals surface area (Å²) in [6.07, 6.45) is 2.76. The van der Waals surface area contributed by atoms with Crippen LogP contribution in [0.3, 0.4) is 0 Å². The zero-order valence-corrected chi connectivity index (χ0v) is 8.23. The molecule has 0 spiro atoms. The minimum absolute atomic E-state index is 0.516. The Labute approximate surface area is 76.5 Å². The van der Waals surface area contributed by atoms with Crippen molar-refractivity contribution in [1.29, 1.82) is 0 Å². The van der Waals surface area contributed by atoms with Crippen LogP contribution in [0.2, 0.25) is 0 Å². The molecule has 0 radical (unpaired) electrons. The van der Waals surface area contributed by atoms with Gasteiger partial charge in [0.1, 0.15) is 0 Å².